The molecule has 3 aromatic rings. The molecule has 6 heteroatoms. The molecule has 0 fully saturated rings. The molecule has 1 unspecified atom stereocenters. The molecule has 0 saturated heterocycles. The van der Waals surface area contributed by atoms with Crippen molar-refractivity contribution in [1.29, 1.82) is 0 Å². The maximum atomic E-state index is 13.2. The molecular weight excluding hydrogens is 360 g/mol. The van der Waals surface area contributed by atoms with Gasteiger partial charge in [0.05, 0.1) is 9.79 Å². The van der Waals surface area contributed by atoms with Crippen LogP contribution in [-0.2, 0) is 21.1 Å². The number of aromatic nitrogens is 1. The summed E-state index contributed by atoms with van der Waals surface area (Å²) in [7, 11) is -3.60. The van der Waals surface area contributed by atoms with E-state index in [2.05, 4.69) is 10.3 Å². The van der Waals surface area contributed by atoms with Crippen LogP contribution in [0.15, 0.2) is 58.5 Å². The second-order valence-electron chi connectivity index (χ2n) is 7.09. The SMILES string of the molecule is CC(=O)NCC1CCCc2cc(S(=O)(=O)c3c[nH]c4ccccc34)ccc21. The average Bonchev–Trinajstić information content (AvgIpc) is 3.10. The number of hydrogen-bond donors (Lipinski definition) is 2. The van der Waals surface area contributed by atoms with Gasteiger partial charge in [0, 0.05) is 36.5 Å². The van der Waals surface area contributed by atoms with Gasteiger partial charge in [0.25, 0.3) is 0 Å². The van der Waals surface area contributed by atoms with E-state index in [0.717, 1.165) is 35.9 Å². The Labute approximate surface area is 158 Å². The molecule has 1 aliphatic rings. The molecule has 5 nitrogen and oxygen atoms in total. The maximum Gasteiger partial charge on any atom is 0.216 e. The van der Waals surface area contributed by atoms with Gasteiger partial charge in [-0.25, -0.2) is 8.42 Å². The molecule has 0 bridgehead atoms. The van der Waals surface area contributed by atoms with Crippen LogP contribution in [0.2, 0.25) is 0 Å². The van der Waals surface area contributed by atoms with Gasteiger partial charge in [-0.2, -0.15) is 0 Å². The van der Waals surface area contributed by atoms with Crippen LogP contribution >= 0.6 is 0 Å². The molecule has 0 aliphatic heterocycles. The number of amides is 1. The third-order valence-corrected chi connectivity index (χ3v) is 7.09. The quantitative estimate of drug-likeness (QED) is 0.724. The molecule has 1 aromatic heterocycles. The number of nitrogens with one attached hydrogen (secondary N) is 2. The molecule has 1 aliphatic carbocycles. The van der Waals surface area contributed by atoms with Crippen molar-refractivity contribution in [3.05, 3.63) is 59.8 Å². The molecule has 2 N–H and O–H groups in total. The van der Waals surface area contributed by atoms with Gasteiger partial charge in [0.1, 0.15) is 0 Å². The van der Waals surface area contributed by atoms with E-state index in [0.29, 0.717) is 21.7 Å². The summed E-state index contributed by atoms with van der Waals surface area (Å²) in [6, 6.07) is 12.8. The molecule has 0 saturated carbocycles. The number of aryl methyl sites for hydroxylation is 1. The highest BCUT2D eigenvalue weighted by Gasteiger charge is 2.26. The molecule has 1 atom stereocenters. The van der Waals surface area contributed by atoms with Gasteiger partial charge in [-0.05, 0) is 48.6 Å². The highest BCUT2D eigenvalue weighted by molar-refractivity contribution is 7.91. The fourth-order valence-electron chi connectivity index (χ4n) is 3.93. The number of aromatic amines is 1. The minimum atomic E-state index is -3.60. The number of benzene rings is 2. The van der Waals surface area contributed by atoms with Gasteiger partial charge in [0.2, 0.25) is 15.7 Å². The summed E-state index contributed by atoms with van der Waals surface area (Å²) in [5, 5.41) is 3.59. The van der Waals surface area contributed by atoms with E-state index in [1.165, 1.54) is 6.92 Å². The van der Waals surface area contributed by atoms with Gasteiger partial charge in [-0.1, -0.05) is 24.3 Å². The van der Waals surface area contributed by atoms with E-state index in [9.17, 15) is 13.2 Å². The van der Waals surface area contributed by atoms with Crippen molar-refractivity contribution in [3.8, 4) is 0 Å². The first-order valence-electron chi connectivity index (χ1n) is 9.15. The Morgan fingerprint density at radius 1 is 1.22 bits per heavy atom. The van der Waals surface area contributed by atoms with Gasteiger partial charge < -0.3 is 10.3 Å². The molecule has 27 heavy (non-hydrogen) atoms. The van der Waals surface area contributed by atoms with Crippen LogP contribution in [0.5, 0.6) is 0 Å². The zero-order chi connectivity index (χ0) is 19.0. The number of fused-ring (bicyclic) bond motifs is 2. The van der Waals surface area contributed by atoms with E-state index >= 15 is 0 Å². The lowest BCUT2D eigenvalue weighted by molar-refractivity contribution is -0.119. The number of H-pyrrole nitrogens is 1. The molecule has 4 rings (SSSR count). The fourth-order valence-corrected chi connectivity index (χ4v) is 5.41. The Morgan fingerprint density at radius 3 is 2.85 bits per heavy atom. The minimum absolute atomic E-state index is 0.0411. The first-order chi connectivity index (χ1) is 13.0. The Morgan fingerprint density at radius 2 is 2.04 bits per heavy atom. The van der Waals surface area contributed by atoms with Crippen molar-refractivity contribution in [2.24, 2.45) is 0 Å². The lowest BCUT2D eigenvalue weighted by atomic mass is 9.83. The Balaban J connectivity index is 1.72. The summed E-state index contributed by atoms with van der Waals surface area (Å²) >= 11 is 0. The summed E-state index contributed by atoms with van der Waals surface area (Å²) in [5.41, 5.74) is 3.02. The number of para-hydroxylation sites is 1. The van der Waals surface area contributed by atoms with Crippen LogP contribution in [-0.4, -0.2) is 25.9 Å². The second kappa shape index (κ2) is 6.85. The average molecular weight is 382 g/mol. The van der Waals surface area contributed by atoms with Crippen molar-refractivity contribution >= 4 is 26.6 Å². The van der Waals surface area contributed by atoms with Crippen molar-refractivity contribution in [2.75, 3.05) is 6.54 Å². The highest BCUT2D eigenvalue weighted by Crippen LogP contribution is 2.35. The smallest absolute Gasteiger partial charge is 0.216 e. The monoisotopic (exact) mass is 382 g/mol. The highest BCUT2D eigenvalue weighted by atomic mass is 32.2. The van der Waals surface area contributed by atoms with E-state index in [4.69, 9.17) is 0 Å². The first kappa shape index (κ1) is 17.8. The lowest BCUT2D eigenvalue weighted by Crippen LogP contribution is -2.28. The van der Waals surface area contributed by atoms with Crippen LogP contribution in [0, 0.1) is 0 Å². The lowest BCUT2D eigenvalue weighted by Gasteiger charge is -2.26. The Hall–Kier alpha value is -2.60. The standard InChI is InChI=1S/C21H22N2O3S/c1-14(24)22-12-16-6-4-5-15-11-17(9-10-18(15)16)27(25,26)21-13-23-20-8-3-2-7-19(20)21/h2-3,7-11,13,16,23H,4-6,12H2,1H3,(H,22,24). The molecule has 0 spiro atoms. The number of hydrogen-bond acceptors (Lipinski definition) is 3. The van der Waals surface area contributed by atoms with Crippen LogP contribution in [0.1, 0.15) is 36.8 Å². The normalized spacial score (nSPS) is 16.9. The van der Waals surface area contributed by atoms with Gasteiger partial charge in [-0.3, -0.25) is 4.79 Å². The number of carbonyl (C=O) groups is 1. The van der Waals surface area contributed by atoms with Gasteiger partial charge in [-0.15, -0.1) is 0 Å². The molecule has 1 heterocycles. The third kappa shape index (κ3) is 3.25. The molecule has 1 amide bonds. The third-order valence-electron chi connectivity index (χ3n) is 5.30. The Kier molecular flexibility index (Phi) is 4.52. The van der Waals surface area contributed by atoms with E-state index in [1.54, 1.807) is 12.3 Å². The predicted molar refractivity (Wildman–Crippen MR) is 105 cm³/mol. The van der Waals surface area contributed by atoms with Crippen molar-refractivity contribution in [3.63, 3.8) is 0 Å². The van der Waals surface area contributed by atoms with E-state index < -0.39 is 9.84 Å². The van der Waals surface area contributed by atoms with E-state index in [-0.39, 0.29) is 11.8 Å². The molecule has 0 radical (unpaired) electrons. The summed E-state index contributed by atoms with van der Waals surface area (Å²) in [4.78, 5) is 14.9. The van der Waals surface area contributed by atoms with Crippen LogP contribution < -0.4 is 5.32 Å². The summed E-state index contributed by atoms with van der Waals surface area (Å²) in [5.74, 6) is 0.197. The fraction of sp³-hybridized carbons (Fsp3) is 0.286. The number of rotatable bonds is 4. The molecule has 2 aromatic carbocycles. The second-order valence-corrected chi connectivity index (χ2v) is 9.01. The van der Waals surface area contributed by atoms with Gasteiger partial charge in [0.15, 0.2) is 0 Å². The molecule has 140 valence electrons. The number of carbonyl (C=O) groups excluding carboxylic acids is 1. The van der Waals surface area contributed by atoms with Crippen molar-refractivity contribution in [2.45, 2.75) is 41.9 Å². The zero-order valence-corrected chi connectivity index (χ0v) is 16.0. The minimum Gasteiger partial charge on any atom is -0.360 e. The van der Waals surface area contributed by atoms with Crippen LogP contribution in [0.3, 0.4) is 0 Å². The molecular formula is C21H22N2O3S. The van der Waals surface area contributed by atoms with E-state index in [1.807, 2.05) is 36.4 Å². The summed E-state index contributed by atoms with van der Waals surface area (Å²) < 4.78 is 26.4. The van der Waals surface area contributed by atoms with Crippen LogP contribution in [0.4, 0.5) is 0 Å². The predicted octanol–water partition coefficient (Wildman–Crippen LogP) is 3.56. The summed E-state index contributed by atoms with van der Waals surface area (Å²) in [6.45, 7) is 2.11. The van der Waals surface area contributed by atoms with Crippen LogP contribution in [0.25, 0.3) is 10.9 Å². The maximum absolute atomic E-state index is 13.2. The Bertz CT molecular complexity index is 1120. The number of sulfone groups is 1. The first-order valence-corrected chi connectivity index (χ1v) is 10.6. The zero-order valence-electron chi connectivity index (χ0n) is 15.2. The van der Waals surface area contributed by atoms with Crippen molar-refractivity contribution in [1.82, 2.24) is 10.3 Å². The summed E-state index contributed by atoms with van der Waals surface area (Å²) in [6.07, 6.45) is 4.43. The topological polar surface area (TPSA) is 79.0 Å². The van der Waals surface area contributed by atoms with Gasteiger partial charge >= 0.3 is 0 Å². The largest absolute Gasteiger partial charge is 0.360 e. The van der Waals surface area contributed by atoms with Crippen molar-refractivity contribution < 1.29 is 13.2 Å².